The van der Waals surface area contributed by atoms with Crippen molar-refractivity contribution < 1.29 is 14.3 Å². The second-order valence-corrected chi connectivity index (χ2v) is 5.67. The molecule has 0 aromatic rings. The third-order valence-corrected chi connectivity index (χ3v) is 4.12. The summed E-state index contributed by atoms with van der Waals surface area (Å²) in [5, 5.41) is 0. The van der Waals surface area contributed by atoms with Crippen LogP contribution in [0.25, 0.3) is 0 Å². The smallest absolute Gasteiger partial charge is 0.307 e. The predicted molar refractivity (Wildman–Crippen MR) is 81.8 cm³/mol. The average Bonchev–Trinajstić information content (AvgIpc) is 2.51. The monoisotopic (exact) mass is 299 g/mol. The summed E-state index contributed by atoms with van der Waals surface area (Å²) in [5.41, 5.74) is 5.46. The van der Waals surface area contributed by atoms with Crippen LogP contribution in [0.15, 0.2) is 0 Å². The molecule has 1 rings (SSSR count). The van der Waals surface area contributed by atoms with Crippen LogP contribution in [0, 0.1) is 0 Å². The van der Waals surface area contributed by atoms with Crippen molar-refractivity contribution in [3.8, 4) is 0 Å². The molecule has 0 aromatic heterocycles. The van der Waals surface area contributed by atoms with Crippen LogP contribution in [0.3, 0.4) is 0 Å². The fraction of sp³-hybridized carbons (Fsp3) is 0.867. The quantitative estimate of drug-likeness (QED) is 0.664. The second kappa shape index (κ2) is 9.73. The minimum atomic E-state index is -0.168. The Morgan fingerprint density at radius 3 is 2.81 bits per heavy atom. The molecule has 0 radical (unpaired) electrons. The maximum Gasteiger partial charge on any atom is 0.307 e. The van der Waals surface area contributed by atoms with Gasteiger partial charge in [-0.3, -0.25) is 14.5 Å². The lowest BCUT2D eigenvalue weighted by molar-refractivity contribution is -0.142. The molecule has 0 aromatic carbocycles. The van der Waals surface area contributed by atoms with Crippen LogP contribution in [0.5, 0.6) is 0 Å². The fourth-order valence-electron chi connectivity index (χ4n) is 2.74. The Labute approximate surface area is 127 Å². The van der Waals surface area contributed by atoms with E-state index in [0.717, 1.165) is 32.2 Å². The fourth-order valence-corrected chi connectivity index (χ4v) is 2.74. The summed E-state index contributed by atoms with van der Waals surface area (Å²) in [4.78, 5) is 27.5. The van der Waals surface area contributed by atoms with Gasteiger partial charge in [-0.2, -0.15) is 0 Å². The number of nitrogens with zero attached hydrogens (tertiary/aromatic N) is 2. The summed E-state index contributed by atoms with van der Waals surface area (Å²) in [6, 6.07) is 0.216. The van der Waals surface area contributed by atoms with Gasteiger partial charge in [0, 0.05) is 32.6 Å². The third kappa shape index (κ3) is 6.44. The van der Waals surface area contributed by atoms with Crippen LogP contribution in [0.2, 0.25) is 0 Å². The number of hydrogen-bond donors (Lipinski definition) is 1. The van der Waals surface area contributed by atoms with E-state index < -0.39 is 0 Å². The van der Waals surface area contributed by atoms with E-state index in [1.807, 2.05) is 7.05 Å². The number of hydrogen-bond acceptors (Lipinski definition) is 5. The zero-order chi connectivity index (χ0) is 15.7. The van der Waals surface area contributed by atoms with E-state index >= 15 is 0 Å². The first-order valence-corrected chi connectivity index (χ1v) is 7.83. The molecule has 0 bridgehead atoms. The van der Waals surface area contributed by atoms with Crippen LogP contribution in [0.1, 0.15) is 38.5 Å². The number of carbonyl (C=O) groups excluding carboxylic acids is 2. The Kier molecular flexibility index (Phi) is 8.30. The van der Waals surface area contributed by atoms with Gasteiger partial charge in [-0.15, -0.1) is 0 Å². The highest BCUT2D eigenvalue weighted by atomic mass is 16.5. The van der Waals surface area contributed by atoms with E-state index in [9.17, 15) is 9.59 Å². The largest absolute Gasteiger partial charge is 0.469 e. The lowest BCUT2D eigenvalue weighted by Gasteiger charge is -2.35. The molecule has 0 saturated carbocycles. The van der Waals surface area contributed by atoms with E-state index in [1.54, 1.807) is 4.90 Å². The number of amides is 1. The van der Waals surface area contributed by atoms with E-state index in [4.69, 9.17) is 10.5 Å². The molecule has 1 aliphatic heterocycles. The van der Waals surface area contributed by atoms with Crippen LogP contribution in [-0.2, 0) is 14.3 Å². The molecule has 1 heterocycles. The molecule has 2 N–H and O–H groups in total. The third-order valence-electron chi connectivity index (χ3n) is 4.12. The van der Waals surface area contributed by atoms with Crippen molar-refractivity contribution in [2.24, 2.45) is 5.73 Å². The topological polar surface area (TPSA) is 75.9 Å². The summed E-state index contributed by atoms with van der Waals surface area (Å²) in [6.45, 7) is 2.99. The SMILES string of the molecule is COC(=O)CC1CCCCN1CCC(=O)N(C)CCCN. The minimum Gasteiger partial charge on any atom is -0.469 e. The highest BCUT2D eigenvalue weighted by molar-refractivity contribution is 5.76. The Morgan fingerprint density at radius 2 is 2.14 bits per heavy atom. The molecule has 0 spiro atoms. The van der Waals surface area contributed by atoms with Gasteiger partial charge in [-0.1, -0.05) is 6.42 Å². The summed E-state index contributed by atoms with van der Waals surface area (Å²) in [5.74, 6) is -0.0240. The van der Waals surface area contributed by atoms with Crippen molar-refractivity contribution in [1.29, 1.82) is 0 Å². The van der Waals surface area contributed by atoms with Gasteiger partial charge in [0.05, 0.1) is 13.5 Å². The molecule has 1 unspecified atom stereocenters. The van der Waals surface area contributed by atoms with E-state index in [-0.39, 0.29) is 17.9 Å². The average molecular weight is 299 g/mol. The van der Waals surface area contributed by atoms with Crippen molar-refractivity contribution >= 4 is 11.9 Å². The number of methoxy groups -OCH3 is 1. The Morgan fingerprint density at radius 1 is 1.38 bits per heavy atom. The van der Waals surface area contributed by atoms with Crippen molar-refractivity contribution in [1.82, 2.24) is 9.80 Å². The summed E-state index contributed by atoms with van der Waals surface area (Å²) in [7, 11) is 3.24. The normalized spacial score (nSPS) is 19.3. The van der Waals surface area contributed by atoms with Gasteiger partial charge in [0.2, 0.25) is 5.91 Å². The van der Waals surface area contributed by atoms with Crippen molar-refractivity contribution in [2.45, 2.75) is 44.6 Å². The van der Waals surface area contributed by atoms with Gasteiger partial charge in [0.15, 0.2) is 0 Å². The summed E-state index contributed by atoms with van der Waals surface area (Å²) < 4.78 is 4.76. The number of rotatable bonds is 8. The van der Waals surface area contributed by atoms with Crippen LogP contribution in [-0.4, -0.2) is 68.1 Å². The number of esters is 1. The Bertz CT molecular complexity index is 336. The molecule has 1 saturated heterocycles. The molecule has 1 atom stereocenters. The molecule has 6 nitrogen and oxygen atoms in total. The van der Waals surface area contributed by atoms with E-state index in [2.05, 4.69) is 4.90 Å². The van der Waals surface area contributed by atoms with Gasteiger partial charge in [0.25, 0.3) is 0 Å². The number of nitrogens with two attached hydrogens (primary N) is 1. The summed E-state index contributed by atoms with van der Waals surface area (Å²) in [6.07, 6.45) is 5.03. The molecule has 0 aliphatic carbocycles. The predicted octanol–water partition coefficient (Wildman–Crippen LogP) is 0.601. The van der Waals surface area contributed by atoms with E-state index in [1.165, 1.54) is 7.11 Å². The van der Waals surface area contributed by atoms with Crippen molar-refractivity contribution in [3.05, 3.63) is 0 Å². The maximum absolute atomic E-state index is 12.0. The molecule has 122 valence electrons. The van der Waals surface area contributed by atoms with E-state index in [0.29, 0.717) is 32.5 Å². The minimum absolute atomic E-state index is 0.144. The summed E-state index contributed by atoms with van der Waals surface area (Å²) >= 11 is 0. The molecule has 6 heteroatoms. The first-order chi connectivity index (χ1) is 10.1. The number of likely N-dealkylation sites (tertiary alicyclic amines) is 1. The first-order valence-electron chi connectivity index (χ1n) is 7.83. The zero-order valence-electron chi connectivity index (χ0n) is 13.3. The molecule has 1 amide bonds. The van der Waals surface area contributed by atoms with Gasteiger partial charge < -0.3 is 15.4 Å². The van der Waals surface area contributed by atoms with Crippen LogP contribution in [0.4, 0.5) is 0 Å². The lowest BCUT2D eigenvalue weighted by Crippen LogP contribution is -2.43. The Hall–Kier alpha value is -1.14. The van der Waals surface area contributed by atoms with Gasteiger partial charge in [0.1, 0.15) is 0 Å². The molecule has 1 aliphatic rings. The zero-order valence-corrected chi connectivity index (χ0v) is 13.3. The molecular formula is C15H29N3O3. The molecule has 1 fully saturated rings. The maximum atomic E-state index is 12.0. The highest BCUT2D eigenvalue weighted by Gasteiger charge is 2.25. The van der Waals surface area contributed by atoms with Gasteiger partial charge in [-0.05, 0) is 32.4 Å². The van der Waals surface area contributed by atoms with Crippen LogP contribution < -0.4 is 5.73 Å². The highest BCUT2D eigenvalue weighted by Crippen LogP contribution is 2.20. The number of piperidine rings is 1. The molecular weight excluding hydrogens is 270 g/mol. The number of carbonyl (C=O) groups is 2. The standard InChI is InChI=1S/C15H29N3O3/c1-17(9-5-8-16)14(19)7-11-18-10-4-3-6-13(18)12-15(20)21-2/h13H,3-12,16H2,1-2H3. The Balaban J connectivity index is 2.39. The lowest BCUT2D eigenvalue weighted by atomic mass is 9.99. The van der Waals surface area contributed by atoms with Crippen molar-refractivity contribution in [2.75, 3.05) is 40.3 Å². The van der Waals surface area contributed by atoms with Crippen LogP contribution >= 0.6 is 0 Å². The number of ether oxygens (including phenoxy) is 1. The van der Waals surface area contributed by atoms with Crippen molar-refractivity contribution in [3.63, 3.8) is 0 Å². The van der Waals surface area contributed by atoms with Gasteiger partial charge >= 0.3 is 5.97 Å². The second-order valence-electron chi connectivity index (χ2n) is 5.67. The van der Waals surface area contributed by atoms with Gasteiger partial charge in [-0.25, -0.2) is 0 Å². The first kappa shape index (κ1) is 17.9. The molecule has 21 heavy (non-hydrogen) atoms.